The molecule has 3 amide bonds. The Morgan fingerprint density at radius 3 is 2.23 bits per heavy atom. The van der Waals surface area contributed by atoms with Crippen molar-refractivity contribution in [1.29, 1.82) is 0 Å². The molecule has 192 valence electrons. The zero-order chi connectivity index (χ0) is 25.8. The minimum atomic E-state index is -4.75. The first-order chi connectivity index (χ1) is 16.2. The van der Waals surface area contributed by atoms with Gasteiger partial charge in [0.2, 0.25) is 11.8 Å². The van der Waals surface area contributed by atoms with Crippen LogP contribution in [-0.2, 0) is 15.8 Å². The molecule has 0 spiro atoms. The highest BCUT2D eigenvalue weighted by atomic mass is 19.4. The second-order valence-corrected chi connectivity index (χ2v) is 11.1. The molecule has 4 bridgehead atoms. The minimum Gasteiger partial charge on any atom is -0.351 e. The summed E-state index contributed by atoms with van der Waals surface area (Å²) in [5.74, 6) is -0.385. The maximum Gasteiger partial charge on any atom is 0.432 e. The van der Waals surface area contributed by atoms with E-state index in [4.69, 9.17) is 0 Å². The summed E-state index contributed by atoms with van der Waals surface area (Å²) in [7, 11) is 0. The first-order valence-electron chi connectivity index (χ1n) is 12.0. The molecule has 2 atom stereocenters. The Bertz CT molecular complexity index is 1040. The summed E-state index contributed by atoms with van der Waals surface area (Å²) in [6.07, 6.45) is 3.35. The van der Waals surface area contributed by atoms with Gasteiger partial charge in [0.05, 0.1) is 11.1 Å². The number of hydrogen-bond acceptors (Lipinski definition) is 3. The van der Waals surface area contributed by atoms with E-state index < -0.39 is 28.9 Å². The fourth-order valence-electron chi connectivity index (χ4n) is 6.83. The predicted molar refractivity (Wildman–Crippen MR) is 124 cm³/mol. The van der Waals surface area contributed by atoms with Crippen molar-refractivity contribution in [3.8, 4) is 0 Å². The number of carbonyl (C=O) groups excluding carboxylic acids is 3. The van der Waals surface area contributed by atoms with Crippen LogP contribution in [0, 0.1) is 17.8 Å². The highest BCUT2D eigenvalue weighted by Crippen LogP contribution is 2.55. The second kappa shape index (κ2) is 8.71. The van der Waals surface area contributed by atoms with Crippen LogP contribution in [0.5, 0.6) is 0 Å². The molecule has 2 unspecified atom stereocenters. The third-order valence-corrected chi connectivity index (χ3v) is 7.59. The number of alkyl halides is 3. The van der Waals surface area contributed by atoms with E-state index in [2.05, 4.69) is 16.0 Å². The molecule has 4 saturated carbocycles. The van der Waals surface area contributed by atoms with Gasteiger partial charge >= 0.3 is 6.18 Å². The van der Waals surface area contributed by atoms with Crippen molar-refractivity contribution in [2.24, 2.45) is 17.8 Å². The summed E-state index contributed by atoms with van der Waals surface area (Å²) >= 11 is 0. The maximum absolute atomic E-state index is 14.0. The lowest BCUT2D eigenvalue weighted by atomic mass is 9.51. The van der Waals surface area contributed by atoms with Gasteiger partial charge in [-0.05, 0) is 75.8 Å². The van der Waals surface area contributed by atoms with Crippen molar-refractivity contribution in [3.05, 3.63) is 29.6 Å². The lowest BCUT2D eigenvalue weighted by Crippen LogP contribution is -2.66. The SMILES string of the molecule is CC(=O)NC(C)(C)/C=C/n1ccc(C(=O)NC2C3CC4CC2CC(NC(C)=O)(C4)C3)c1C(F)(F)F. The molecule has 0 aromatic carbocycles. The Hall–Kier alpha value is -2.78. The third kappa shape index (κ3) is 5.26. The molecule has 0 saturated heterocycles. The Morgan fingerprint density at radius 2 is 1.69 bits per heavy atom. The molecule has 1 aromatic rings. The van der Waals surface area contributed by atoms with Gasteiger partial charge in [0, 0.05) is 37.8 Å². The average molecular weight is 495 g/mol. The summed E-state index contributed by atoms with van der Waals surface area (Å²) in [6.45, 7) is 6.16. The molecular formula is C25H33F3N4O3. The van der Waals surface area contributed by atoms with Crippen molar-refractivity contribution in [2.75, 3.05) is 0 Å². The Balaban J connectivity index is 1.55. The van der Waals surface area contributed by atoms with Crippen molar-refractivity contribution >= 4 is 23.9 Å². The third-order valence-electron chi connectivity index (χ3n) is 7.59. The highest BCUT2D eigenvalue weighted by Gasteiger charge is 2.56. The molecule has 35 heavy (non-hydrogen) atoms. The summed E-state index contributed by atoms with van der Waals surface area (Å²) < 4.78 is 43.0. The zero-order valence-corrected chi connectivity index (χ0v) is 20.5. The van der Waals surface area contributed by atoms with Gasteiger partial charge in [-0.2, -0.15) is 13.2 Å². The van der Waals surface area contributed by atoms with Gasteiger partial charge in [0.1, 0.15) is 5.69 Å². The maximum atomic E-state index is 14.0. The van der Waals surface area contributed by atoms with Gasteiger partial charge in [0.15, 0.2) is 0 Å². The van der Waals surface area contributed by atoms with Gasteiger partial charge in [-0.15, -0.1) is 0 Å². The summed E-state index contributed by atoms with van der Waals surface area (Å²) in [5.41, 5.74) is -2.60. The quantitative estimate of drug-likeness (QED) is 0.563. The standard InChI is InChI=1S/C25H33F3N4O3/c1-14(33)30-23(3,4)6-8-32-7-5-19(21(32)25(26,27)28)22(35)29-20-17-9-16-10-18(20)13-24(11-16,12-17)31-15(2)34/h5-8,16-18,20H,9-13H2,1-4H3,(H,29,35)(H,30,33)(H,31,34)/b8-6+. The molecule has 4 aliphatic carbocycles. The van der Waals surface area contributed by atoms with E-state index in [1.165, 1.54) is 38.4 Å². The Morgan fingerprint density at radius 1 is 1.06 bits per heavy atom. The number of amides is 3. The monoisotopic (exact) mass is 494 g/mol. The Kier molecular flexibility index (Phi) is 6.30. The summed E-state index contributed by atoms with van der Waals surface area (Å²) in [6, 6.07) is 0.975. The lowest BCUT2D eigenvalue weighted by Gasteiger charge is -2.60. The molecule has 5 rings (SSSR count). The zero-order valence-electron chi connectivity index (χ0n) is 20.5. The number of hydrogen-bond donors (Lipinski definition) is 3. The van der Waals surface area contributed by atoms with Crippen LogP contribution < -0.4 is 16.0 Å². The Labute approximate surface area is 202 Å². The summed E-state index contributed by atoms with van der Waals surface area (Å²) in [4.78, 5) is 36.3. The average Bonchev–Trinajstić information content (AvgIpc) is 3.11. The molecule has 0 aliphatic heterocycles. The van der Waals surface area contributed by atoms with E-state index >= 15 is 0 Å². The van der Waals surface area contributed by atoms with Crippen LogP contribution in [0.1, 0.15) is 75.9 Å². The number of halogens is 3. The normalized spacial score (nSPS) is 29.9. The lowest BCUT2D eigenvalue weighted by molar-refractivity contribution is -0.142. The molecule has 0 radical (unpaired) electrons. The molecule has 1 aromatic heterocycles. The molecule has 4 fully saturated rings. The van der Waals surface area contributed by atoms with E-state index in [1.54, 1.807) is 13.8 Å². The number of aromatic nitrogens is 1. The van der Waals surface area contributed by atoms with Crippen LogP contribution >= 0.6 is 0 Å². The van der Waals surface area contributed by atoms with Gasteiger partial charge < -0.3 is 20.5 Å². The fraction of sp³-hybridized carbons (Fsp3) is 0.640. The number of rotatable bonds is 6. The first-order valence-corrected chi connectivity index (χ1v) is 12.0. The van der Waals surface area contributed by atoms with E-state index in [9.17, 15) is 27.6 Å². The molecular weight excluding hydrogens is 461 g/mol. The molecule has 1 heterocycles. The van der Waals surface area contributed by atoms with Crippen LogP contribution in [0.4, 0.5) is 13.2 Å². The second-order valence-electron chi connectivity index (χ2n) is 11.1. The topological polar surface area (TPSA) is 92.2 Å². The van der Waals surface area contributed by atoms with Crippen LogP contribution in [-0.4, -0.2) is 39.4 Å². The predicted octanol–water partition coefficient (Wildman–Crippen LogP) is 3.71. The van der Waals surface area contributed by atoms with Crippen LogP contribution in [0.2, 0.25) is 0 Å². The van der Waals surface area contributed by atoms with Gasteiger partial charge in [-0.3, -0.25) is 14.4 Å². The van der Waals surface area contributed by atoms with Gasteiger partial charge in [-0.1, -0.05) is 0 Å². The van der Waals surface area contributed by atoms with Gasteiger partial charge in [-0.25, -0.2) is 0 Å². The first kappa shape index (κ1) is 25.3. The number of carbonyl (C=O) groups is 3. The van der Waals surface area contributed by atoms with E-state index in [1.807, 2.05) is 0 Å². The van der Waals surface area contributed by atoms with Crippen LogP contribution in [0.3, 0.4) is 0 Å². The van der Waals surface area contributed by atoms with Crippen molar-refractivity contribution < 1.29 is 27.6 Å². The fourth-order valence-corrected chi connectivity index (χ4v) is 6.83. The smallest absolute Gasteiger partial charge is 0.351 e. The van der Waals surface area contributed by atoms with Crippen LogP contribution in [0.25, 0.3) is 6.20 Å². The van der Waals surface area contributed by atoms with E-state index in [0.717, 1.165) is 36.7 Å². The van der Waals surface area contributed by atoms with Crippen molar-refractivity contribution in [2.45, 2.75) is 83.1 Å². The van der Waals surface area contributed by atoms with E-state index in [-0.39, 0.29) is 35.2 Å². The number of nitrogens with one attached hydrogen (secondary N) is 3. The molecule has 3 N–H and O–H groups in total. The van der Waals surface area contributed by atoms with Crippen LogP contribution in [0.15, 0.2) is 18.3 Å². The molecule has 7 nitrogen and oxygen atoms in total. The minimum absolute atomic E-state index is 0.0709. The number of nitrogens with zero attached hydrogens (tertiary/aromatic N) is 1. The highest BCUT2D eigenvalue weighted by molar-refractivity contribution is 5.96. The largest absolute Gasteiger partial charge is 0.432 e. The molecule has 10 heteroatoms. The van der Waals surface area contributed by atoms with Crippen molar-refractivity contribution in [1.82, 2.24) is 20.5 Å². The molecule has 4 aliphatic rings. The van der Waals surface area contributed by atoms with Crippen molar-refractivity contribution in [3.63, 3.8) is 0 Å². The van der Waals surface area contributed by atoms with E-state index in [0.29, 0.717) is 5.92 Å². The summed E-state index contributed by atoms with van der Waals surface area (Å²) in [5, 5.41) is 8.70. The van der Waals surface area contributed by atoms with Gasteiger partial charge in [0.25, 0.3) is 5.91 Å².